The molecule has 1 aromatic rings. The van der Waals surface area contributed by atoms with Crippen LogP contribution in [0.1, 0.15) is 18.9 Å². The van der Waals surface area contributed by atoms with E-state index >= 15 is 0 Å². The Kier molecular flexibility index (Phi) is 6.06. The molecule has 3 nitrogen and oxygen atoms in total. The fourth-order valence-electron chi connectivity index (χ4n) is 1.40. The summed E-state index contributed by atoms with van der Waals surface area (Å²) in [6.07, 6.45) is -0.0552. The van der Waals surface area contributed by atoms with Crippen molar-refractivity contribution in [3.63, 3.8) is 0 Å². The Morgan fingerprint density at radius 2 is 2.11 bits per heavy atom. The number of esters is 1. The molecule has 1 aromatic carbocycles. The molecule has 0 fully saturated rings. The second-order valence-electron chi connectivity index (χ2n) is 3.94. The molecule has 0 bridgehead atoms. The van der Waals surface area contributed by atoms with Crippen molar-refractivity contribution in [1.29, 1.82) is 0 Å². The summed E-state index contributed by atoms with van der Waals surface area (Å²) >= 11 is 2.94. The fourth-order valence-corrected chi connectivity index (χ4v) is 2.92. The van der Waals surface area contributed by atoms with Gasteiger partial charge in [-0.1, -0.05) is 6.92 Å². The molecule has 0 N–H and O–H groups in total. The van der Waals surface area contributed by atoms with Crippen LogP contribution in [0.2, 0.25) is 0 Å². The average Bonchev–Trinajstić information content (AvgIpc) is 2.38. The highest BCUT2D eigenvalue weighted by Crippen LogP contribution is 2.23. The Balaban J connectivity index is 2.83. The van der Waals surface area contributed by atoms with Crippen LogP contribution in [0.3, 0.4) is 0 Å². The summed E-state index contributed by atoms with van der Waals surface area (Å²) < 4.78 is 43.7. The van der Waals surface area contributed by atoms with Crippen molar-refractivity contribution in [2.24, 2.45) is 0 Å². The number of hydrogen-bond donors (Lipinski definition) is 0. The fraction of sp³-hybridized carbons (Fsp3) is 0.417. The molecule has 0 amide bonds. The zero-order valence-corrected chi connectivity index (χ0v) is 12.8. The van der Waals surface area contributed by atoms with Gasteiger partial charge in [0, 0.05) is 21.6 Å². The summed E-state index contributed by atoms with van der Waals surface area (Å²) in [7, 11) is -0.341. The molecule has 19 heavy (non-hydrogen) atoms. The Bertz CT molecular complexity index is 508. The molecule has 0 aliphatic heterocycles. The van der Waals surface area contributed by atoms with Gasteiger partial charge in [-0.2, -0.15) is 0 Å². The van der Waals surface area contributed by atoms with Crippen LogP contribution in [-0.2, 0) is 26.1 Å². The van der Waals surface area contributed by atoms with Gasteiger partial charge in [0.05, 0.1) is 23.8 Å². The smallest absolute Gasteiger partial charge is 0.306 e. The molecule has 0 spiro atoms. The monoisotopic (exact) mass is 354 g/mol. The molecular weight excluding hydrogens is 342 g/mol. The third-order valence-corrected chi connectivity index (χ3v) is 4.81. The Morgan fingerprint density at radius 3 is 2.68 bits per heavy atom. The van der Waals surface area contributed by atoms with Gasteiger partial charge >= 0.3 is 5.97 Å². The standard InChI is InChI=1S/C12H13BrF2O3S/c1-7(5-11(16)18-2)19(17)6-8-10(14)4-3-9(13)12(8)15/h3-4,7H,5-6H2,1-2H3. The maximum absolute atomic E-state index is 13.7. The predicted octanol–water partition coefficient (Wildman–Crippen LogP) is 2.93. The van der Waals surface area contributed by atoms with E-state index in [-0.39, 0.29) is 22.2 Å². The van der Waals surface area contributed by atoms with Gasteiger partial charge in [-0.05, 0) is 28.1 Å². The molecule has 1 rings (SSSR count). The molecule has 0 saturated heterocycles. The lowest BCUT2D eigenvalue weighted by Gasteiger charge is -2.11. The van der Waals surface area contributed by atoms with E-state index in [0.717, 1.165) is 6.07 Å². The van der Waals surface area contributed by atoms with E-state index in [2.05, 4.69) is 20.7 Å². The zero-order valence-electron chi connectivity index (χ0n) is 10.4. The minimum Gasteiger partial charge on any atom is -0.469 e. The summed E-state index contributed by atoms with van der Waals surface area (Å²) in [4.78, 5) is 11.1. The van der Waals surface area contributed by atoms with E-state index in [1.807, 2.05) is 0 Å². The molecule has 0 aliphatic rings. The normalized spacial score (nSPS) is 13.9. The highest BCUT2D eigenvalue weighted by atomic mass is 79.9. The van der Waals surface area contributed by atoms with Gasteiger partial charge < -0.3 is 4.74 Å². The molecule has 0 radical (unpaired) electrons. The molecule has 0 aliphatic carbocycles. The minimum atomic E-state index is -1.57. The Labute approximate surface area is 120 Å². The predicted molar refractivity (Wildman–Crippen MR) is 72.0 cm³/mol. The van der Waals surface area contributed by atoms with Crippen LogP contribution in [0, 0.1) is 11.6 Å². The van der Waals surface area contributed by atoms with E-state index in [9.17, 15) is 17.8 Å². The number of halogens is 3. The number of carbonyl (C=O) groups is 1. The van der Waals surface area contributed by atoms with E-state index in [1.54, 1.807) is 6.92 Å². The second-order valence-corrected chi connectivity index (χ2v) is 6.65. The zero-order chi connectivity index (χ0) is 14.6. The largest absolute Gasteiger partial charge is 0.469 e. The van der Waals surface area contributed by atoms with Crippen LogP contribution >= 0.6 is 15.9 Å². The van der Waals surface area contributed by atoms with Crippen LogP contribution in [0.25, 0.3) is 0 Å². The lowest BCUT2D eigenvalue weighted by atomic mass is 10.2. The van der Waals surface area contributed by atoms with Crippen LogP contribution in [0.5, 0.6) is 0 Å². The van der Waals surface area contributed by atoms with E-state index in [4.69, 9.17) is 0 Å². The summed E-state index contributed by atoms with van der Waals surface area (Å²) in [6, 6.07) is 2.35. The third-order valence-electron chi connectivity index (χ3n) is 2.56. The Hall–Kier alpha value is -0.820. The quantitative estimate of drug-likeness (QED) is 0.603. The molecule has 7 heteroatoms. The number of benzene rings is 1. The first-order valence-corrected chi connectivity index (χ1v) is 7.60. The highest BCUT2D eigenvalue weighted by Gasteiger charge is 2.20. The highest BCUT2D eigenvalue weighted by molar-refractivity contribution is 9.10. The molecule has 0 saturated carbocycles. The minimum absolute atomic E-state index is 0.0552. The summed E-state index contributed by atoms with van der Waals surface area (Å²) in [5.41, 5.74) is -0.246. The van der Waals surface area contributed by atoms with Gasteiger partial charge in [0.1, 0.15) is 11.6 Å². The number of carbonyl (C=O) groups excluding carboxylic acids is 1. The lowest BCUT2D eigenvalue weighted by Crippen LogP contribution is -2.19. The van der Waals surface area contributed by atoms with Gasteiger partial charge in [-0.15, -0.1) is 0 Å². The van der Waals surface area contributed by atoms with E-state index in [0.29, 0.717) is 0 Å². The van der Waals surface area contributed by atoms with Crippen molar-refractivity contribution in [1.82, 2.24) is 0 Å². The molecule has 0 heterocycles. The number of hydrogen-bond acceptors (Lipinski definition) is 3. The SMILES string of the molecule is COC(=O)CC(C)S(=O)Cc1c(F)ccc(Br)c1F. The van der Waals surface area contributed by atoms with Crippen molar-refractivity contribution in [3.05, 3.63) is 33.8 Å². The van der Waals surface area contributed by atoms with Gasteiger partial charge in [0.15, 0.2) is 0 Å². The maximum Gasteiger partial charge on any atom is 0.306 e. The van der Waals surface area contributed by atoms with Crippen LogP contribution in [0.4, 0.5) is 8.78 Å². The van der Waals surface area contributed by atoms with Gasteiger partial charge in [-0.3, -0.25) is 9.00 Å². The molecule has 2 unspecified atom stereocenters. The van der Waals surface area contributed by atoms with Crippen molar-refractivity contribution in [2.75, 3.05) is 7.11 Å². The molecule has 0 aromatic heterocycles. The molecular formula is C12H13BrF2O3S. The van der Waals surface area contributed by atoms with E-state index in [1.165, 1.54) is 13.2 Å². The summed E-state index contributed by atoms with van der Waals surface area (Å²) in [5, 5.41) is -0.537. The van der Waals surface area contributed by atoms with Gasteiger partial charge in [0.2, 0.25) is 0 Å². The maximum atomic E-state index is 13.7. The van der Waals surface area contributed by atoms with E-state index < -0.39 is 33.7 Å². The summed E-state index contributed by atoms with van der Waals surface area (Å²) in [6.45, 7) is 1.57. The summed E-state index contributed by atoms with van der Waals surface area (Å²) in [5.74, 6) is -2.30. The van der Waals surface area contributed by atoms with Gasteiger partial charge in [-0.25, -0.2) is 8.78 Å². The third kappa shape index (κ3) is 4.35. The Morgan fingerprint density at radius 1 is 1.47 bits per heavy atom. The lowest BCUT2D eigenvalue weighted by molar-refractivity contribution is -0.140. The number of ether oxygens (including phenoxy) is 1. The van der Waals surface area contributed by atoms with Crippen molar-refractivity contribution in [3.8, 4) is 0 Å². The van der Waals surface area contributed by atoms with Gasteiger partial charge in [0.25, 0.3) is 0 Å². The number of rotatable bonds is 5. The van der Waals surface area contributed by atoms with Crippen molar-refractivity contribution >= 4 is 32.7 Å². The molecule has 106 valence electrons. The van der Waals surface area contributed by atoms with Crippen LogP contribution < -0.4 is 0 Å². The topological polar surface area (TPSA) is 43.4 Å². The first kappa shape index (κ1) is 16.2. The number of methoxy groups -OCH3 is 1. The van der Waals surface area contributed by atoms with Crippen molar-refractivity contribution < 1.29 is 22.5 Å². The first-order valence-electron chi connectivity index (χ1n) is 5.43. The first-order chi connectivity index (χ1) is 8.86. The average molecular weight is 355 g/mol. The van der Waals surface area contributed by atoms with Crippen LogP contribution in [0.15, 0.2) is 16.6 Å². The molecule has 2 atom stereocenters. The second kappa shape index (κ2) is 7.09. The van der Waals surface area contributed by atoms with Crippen molar-refractivity contribution in [2.45, 2.75) is 24.3 Å². The van der Waals surface area contributed by atoms with Crippen LogP contribution in [-0.4, -0.2) is 22.5 Å².